The van der Waals surface area contributed by atoms with Gasteiger partial charge in [-0.05, 0) is 30.7 Å². The van der Waals surface area contributed by atoms with E-state index in [4.69, 9.17) is 21.1 Å². The molecule has 0 saturated carbocycles. The largest absolute Gasteiger partial charge is 0.490 e. The van der Waals surface area contributed by atoms with Crippen molar-refractivity contribution in [1.82, 2.24) is 4.98 Å². The molecule has 0 amide bonds. The maximum atomic E-state index is 6.14. The molecule has 1 aromatic carbocycles. The number of ether oxygens (including phenoxy) is 2. The molecule has 0 saturated heterocycles. The molecule has 0 unspecified atom stereocenters. The van der Waals surface area contributed by atoms with E-state index in [0.717, 1.165) is 18.0 Å². The van der Waals surface area contributed by atoms with Crippen LogP contribution in [0.3, 0.4) is 0 Å². The molecule has 2 rings (SSSR count). The van der Waals surface area contributed by atoms with Gasteiger partial charge in [0.15, 0.2) is 11.5 Å². The Morgan fingerprint density at radius 2 is 1.81 bits per heavy atom. The second-order valence-corrected chi connectivity index (χ2v) is 4.87. The highest BCUT2D eigenvalue weighted by Crippen LogP contribution is 2.28. The summed E-state index contributed by atoms with van der Waals surface area (Å²) in [5.41, 5.74) is 0.689. The smallest absolute Gasteiger partial charge is 0.161 e. The summed E-state index contributed by atoms with van der Waals surface area (Å²) in [4.78, 5) is 4.39. The number of benzene rings is 1. The van der Waals surface area contributed by atoms with Gasteiger partial charge in [-0.3, -0.25) is 0 Å². The number of hydrogen-bond donors (Lipinski definition) is 1. The Balaban J connectivity index is 2.09. The number of nitrogens with one attached hydrogen (secondary N) is 1. The van der Waals surface area contributed by atoms with Gasteiger partial charge in [-0.2, -0.15) is 0 Å². The molecule has 0 spiro atoms. The van der Waals surface area contributed by atoms with Gasteiger partial charge in [0, 0.05) is 7.05 Å². The van der Waals surface area contributed by atoms with Gasteiger partial charge in [-0.1, -0.05) is 30.7 Å². The van der Waals surface area contributed by atoms with Crippen molar-refractivity contribution in [1.29, 1.82) is 0 Å². The third-order valence-corrected chi connectivity index (χ3v) is 3.19. The van der Waals surface area contributed by atoms with Crippen molar-refractivity contribution < 1.29 is 9.47 Å². The van der Waals surface area contributed by atoms with Crippen LogP contribution in [0.25, 0.3) is 0 Å². The summed E-state index contributed by atoms with van der Waals surface area (Å²) in [5.74, 6) is 2.19. The highest BCUT2D eigenvalue weighted by atomic mass is 35.5. The fraction of sp³-hybridized carbons (Fsp3) is 0.312. The number of anilines is 1. The molecule has 1 N–H and O–H groups in total. The molecular weight excluding hydrogens is 288 g/mol. The Labute approximate surface area is 130 Å². The summed E-state index contributed by atoms with van der Waals surface area (Å²) in [6.45, 7) is 3.02. The van der Waals surface area contributed by atoms with E-state index < -0.39 is 0 Å². The van der Waals surface area contributed by atoms with Crippen LogP contribution in [0.4, 0.5) is 5.82 Å². The second kappa shape index (κ2) is 7.74. The van der Waals surface area contributed by atoms with E-state index in [1.54, 1.807) is 6.07 Å². The van der Waals surface area contributed by atoms with Crippen molar-refractivity contribution in [2.45, 2.75) is 20.0 Å². The lowest BCUT2D eigenvalue weighted by atomic mass is 10.3. The van der Waals surface area contributed by atoms with Gasteiger partial charge >= 0.3 is 0 Å². The molecule has 2 aromatic rings. The molecule has 0 fully saturated rings. The summed E-state index contributed by atoms with van der Waals surface area (Å²) in [6, 6.07) is 11.2. The molecule has 21 heavy (non-hydrogen) atoms. The molecule has 0 atom stereocenters. The molecule has 0 aliphatic carbocycles. The topological polar surface area (TPSA) is 43.4 Å². The van der Waals surface area contributed by atoms with E-state index in [1.165, 1.54) is 0 Å². The number of rotatable bonds is 7. The number of para-hydroxylation sites is 2. The lowest BCUT2D eigenvalue weighted by Gasteiger charge is -2.13. The van der Waals surface area contributed by atoms with Gasteiger partial charge in [0.1, 0.15) is 12.4 Å². The highest BCUT2D eigenvalue weighted by molar-refractivity contribution is 6.31. The molecule has 4 nitrogen and oxygen atoms in total. The van der Waals surface area contributed by atoms with Gasteiger partial charge in [0.2, 0.25) is 0 Å². The summed E-state index contributed by atoms with van der Waals surface area (Å²) in [7, 11) is 1.81. The van der Waals surface area contributed by atoms with Crippen LogP contribution in [0, 0.1) is 0 Å². The first-order valence-electron chi connectivity index (χ1n) is 6.92. The molecule has 1 aromatic heterocycles. The minimum absolute atomic E-state index is 0.293. The Morgan fingerprint density at radius 3 is 2.48 bits per heavy atom. The summed E-state index contributed by atoms with van der Waals surface area (Å²) in [6.07, 6.45) is 0.950. The maximum absolute atomic E-state index is 6.14. The van der Waals surface area contributed by atoms with E-state index in [2.05, 4.69) is 17.2 Å². The van der Waals surface area contributed by atoms with Gasteiger partial charge in [0.25, 0.3) is 0 Å². The minimum atomic E-state index is 0.293. The molecule has 0 aliphatic heterocycles. The van der Waals surface area contributed by atoms with Crippen LogP contribution in [-0.2, 0) is 6.61 Å². The van der Waals surface area contributed by atoms with Crippen LogP contribution >= 0.6 is 11.6 Å². The van der Waals surface area contributed by atoms with Crippen molar-refractivity contribution in [3.05, 3.63) is 47.1 Å². The highest BCUT2D eigenvalue weighted by Gasteiger charge is 2.08. The van der Waals surface area contributed by atoms with Crippen molar-refractivity contribution in [3.63, 3.8) is 0 Å². The molecule has 0 radical (unpaired) electrons. The fourth-order valence-corrected chi connectivity index (χ4v) is 1.93. The first-order valence-corrected chi connectivity index (χ1v) is 7.30. The summed E-state index contributed by atoms with van der Waals surface area (Å²) >= 11 is 6.14. The molecular formula is C16H19ClN2O2. The number of halogens is 1. The lowest BCUT2D eigenvalue weighted by molar-refractivity contribution is 0.259. The fourth-order valence-electron chi connectivity index (χ4n) is 1.77. The molecule has 0 bridgehead atoms. The molecule has 1 heterocycles. The van der Waals surface area contributed by atoms with Gasteiger partial charge in [-0.15, -0.1) is 0 Å². The average molecular weight is 307 g/mol. The first-order chi connectivity index (χ1) is 10.2. The van der Waals surface area contributed by atoms with Crippen LogP contribution in [-0.4, -0.2) is 18.6 Å². The molecule has 5 heteroatoms. The summed E-state index contributed by atoms with van der Waals surface area (Å²) < 4.78 is 11.5. The van der Waals surface area contributed by atoms with Gasteiger partial charge in [0.05, 0.1) is 17.3 Å². The summed E-state index contributed by atoms with van der Waals surface area (Å²) in [5, 5.41) is 3.57. The van der Waals surface area contributed by atoms with Crippen molar-refractivity contribution >= 4 is 17.4 Å². The number of nitrogens with zero attached hydrogens (tertiary/aromatic N) is 1. The molecule has 112 valence electrons. The predicted molar refractivity (Wildman–Crippen MR) is 85.4 cm³/mol. The average Bonchev–Trinajstić information content (AvgIpc) is 2.53. The van der Waals surface area contributed by atoms with Gasteiger partial charge < -0.3 is 14.8 Å². The van der Waals surface area contributed by atoms with Crippen molar-refractivity contribution in [2.24, 2.45) is 0 Å². The number of hydrogen-bond acceptors (Lipinski definition) is 4. The van der Waals surface area contributed by atoms with E-state index in [9.17, 15) is 0 Å². The zero-order valence-corrected chi connectivity index (χ0v) is 13.0. The zero-order chi connectivity index (χ0) is 15.1. The normalized spacial score (nSPS) is 10.2. The van der Waals surface area contributed by atoms with E-state index >= 15 is 0 Å². The Kier molecular flexibility index (Phi) is 5.69. The number of pyridine rings is 1. The van der Waals surface area contributed by atoms with Crippen LogP contribution in [0.15, 0.2) is 36.4 Å². The predicted octanol–water partition coefficient (Wildman–Crippen LogP) is 4.14. The standard InChI is InChI=1S/C16H19ClN2O2/c1-3-10-20-14-6-4-5-7-15(14)21-11-13-12(17)8-9-16(18-2)19-13/h4-9H,3,10-11H2,1-2H3,(H,18,19). The van der Waals surface area contributed by atoms with Crippen LogP contribution in [0.5, 0.6) is 11.5 Å². The van der Waals surface area contributed by atoms with E-state index in [0.29, 0.717) is 29.7 Å². The number of aromatic nitrogens is 1. The van der Waals surface area contributed by atoms with Crippen molar-refractivity contribution in [3.8, 4) is 11.5 Å². The van der Waals surface area contributed by atoms with Crippen LogP contribution in [0.2, 0.25) is 5.02 Å². The van der Waals surface area contributed by atoms with Crippen LogP contribution in [0.1, 0.15) is 19.0 Å². The minimum Gasteiger partial charge on any atom is -0.490 e. The SMILES string of the molecule is CCCOc1ccccc1OCc1nc(NC)ccc1Cl. The Hall–Kier alpha value is -1.94. The lowest BCUT2D eigenvalue weighted by Crippen LogP contribution is -2.04. The second-order valence-electron chi connectivity index (χ2n) is 4.46. The quantitative estimate of drug-likeness (QED) is 0.834. The van der Waals surface area contributed by atoms with Crippen LogP contribution < -0.4 is 14.8 Å². The van der Waals surface area contributed by atoms with Gasteiger partial charge in [-0.25, -0.2) is 4.98 Å². The molecule has 0 aliphatic rings. The van der Waals surface area contributed by atoms with Crippen molar-refractivity contribution in [2.75, 3.05) is 19.0 Å². The van der Waals surface area contributed by atoms with E-state index in [1.807, 2.05) is 37.4 Å². The Morgan fingerprint density at radius 1 is 1.10 bits per heavy atom. The third-order valence-electron chi connectivity index (χ3n) is 2.85. The first kappa shape index (κ1) is 15.4. The van der Waals surface area contributed by atoms with E-state index in [-0.39, 0.29) is 0 Å². The monoisotopic (exact) mass is 306 g/mol. The zero-order valence-electron chi connectivity index (χ0n) is 12.2. The maximum Gasteiger partial charge on any atom is 0.161 e. The Bertz CT molecular complexity index is 590. The third kappa shape index (κ3) is 4.26.